The van der Waals surface area contributed by atoms with Gasteiger partial charge in [-0.05, 0) is 35.6 Å². The smallest absolute Gasteiger partial charge is 0.408 e. The molecule has 1 aliphatic rings. The van der Waals surface area contributed by atoms with Crippen molar-refractivity contribution in [2.75, 3.05) is 19.7 Å². The van der Waals surface area contributed by atoms with Crippen molar-refractivity contribution in [1.29, 1.82) is 0 Å². The maximum Gasteiger partial charge on any atom is 0.408 e. The fourth-order valence-electron chi connectivity index (χ4n) is 4.51. The first kappa shape index (κ1) is 26.1. The number of rotatable bonds is 9. The van der Waals surface area contributed by atoms with Gasteiger partial charge in [0.25, 0.3) is 0 Å². The summed E-state index contributed by atoms with van der Waals surface area (Å²) >= 11 is 0. The third kappa shape index (κ3) is 6.12. The first-order chi connectivity index (χ1) is 16.4. The van der Waals surface area contributed by atoms with Crippen LogP contribution in [0.2, 0.25) is 0 Å². The number of hydrogen-bond acceptors (Lipinski definition) is 4. The summed E-state index contributed by atoms with van der Waals surface area (Å²) in [6, 6.07) is 15.4. The number of carbonyl (C=O) groups excluding carboxylic acids is 2. The van der Waals surface area contributed by atoms with Gasteiger partial charge in [0.05, 0.1) is 0 Å². The lowest BCUT2D eigenvalue weighted by Gasteiger charge is -2.34. The molecule has 3 rings (SSSR count). The second kappa shape index (κ2) is 10.4. The van der Waals surface area contributed by atoms with Crippen LogP contribution in [0.15, 0.2) is 48.5 Å². The fourth-order valence-corrected chi connectivity index (χ4v) is 4.51. The summed E-state index contributed by atoms with van der Waals surface area (Å²) in [4.78, 5) is 37.0. The molecule has 0 aliphatic heterocycles. The SMILES string of the molecule is CCCC(C)(NC(=O)OCC1c2ccccc2-c2ccccc21)C(=O)N(CC(=O)O)CC(F)(F)F. The zero-order chi connectivity index (χ0) is 25.8. The summed E-state index contributed by atoms with van der Waals surface area (Å²) in [5.74, 6) is -2.98. The summed E-state index contributed by atoms with van der Waals surface area (Å²) in [5.41, 5.74) is 2.23. The third-order valence-electron chi connectivity index (χ3n) is 5.93. The molecule has 1 atom stereocenters. The molecule has 0 bridgehead atoms. The second-order valence-corrected chi connectivity index (χ2v) is 8.70. The van der Waals surface area contributed by atoms with Crippen LogP contribution in [0.1, 0.15) is 43.7 Å². The predicted octanol–water partition coefficient (Wildman–Crippen LogP) is 4.56. The number of benzene rings is 2. The zero-order valence-electron chi connectivity index (χ0n) is 19.4. The molecule has 0 aromatic heterocycles. The number of carboxylic acid groups (broad SMARTS) is 1. The van der Waals surface area contributed by atoms with Crippen molar-refractivity contribution < 1.29 is 37.4 Å². The highest BCUT2D eigenvalue weighted by molar-refractivity contribution is 5.91. The van der Waals surface area contributed by atoms with Crippen LogP contribution in [0.25, 0.3) is 11.1 Å². The lowest BCUT2D eigenvalue weighted by Crippen LogP contribution is -2.60. The Labute approximate surface area is 200 Å². The molecule has 2 N–H and O–H groups in total. The molecule has 10 heteroatoms. The van der Waals surface area contributed by atoms with E-state index in [-0.39, 0.29) is 23.8 Å². The van der Waals surface area contributed by atoms with Crippen LogP contribution < -0.4 is 5.32 Å². The van der Waals surface area contributed by atoms with Crippen LogP contribution in [-0.4, -0.2) is 59.4 Å². The Morgan fingerprint density at radius 3 is 2.06 bits per heavy atom. The molecule has 0 heterocycles. The number of fused-ring (bicyclic) bond motifs is 3. The summed E-state index contributed by atoms with van der Waals surface area (Å²) in [7, 11) is 0. The summed E-state index contributed by atoms with van der Waals surface area (Å²) < 4.78 is 44.4. The van der Waals surface area contributed by atoms with Gasteiger partial charge in [0, 0.05) is 5.92 Å². The molecule has 2 aromatic carbocycles. The number of halogens is 3. The van der Waals surface area contributed by atoms with Gasteiger partial charge >= 0.3 is 18.2 Å². The van der Waals surface area contributed by atoms with E-state index in [1.54, 1.807) is 6.92 Å². The van der Waals surface area contributed by atoms with Crippen LogP contribution in [-0.2, 0) is 14.3 Å². The Hall–Kier alpha value is -3.56. The maximum absolute atomic E-state index is 13.0. The average Bonchev–Trinajstić information content (AvgIpc) is 3.09. The Balaban J connectivity index is 1.75. The normalized spacial score (nSPS) is 14.4. The van der Waals surface area contributed by atoms with Gasteiger partial charge in [-0.3, -0.25) is 9.59 Å². The second-order valence-electron chi connectivity index (χ2n) is 8.70. The molecule has 1 aliphatic carbocycles. The first-order valence-corrected chi connectivity index (χ1v) is 11.2. The van der Waals surface area contributed by atoms with Crippen LogP contribution in [0.3, 0.4) is 0 Å². The molecular weight excluding hydrogens is 465 g/mol. The van der Waals surface area contributed by atoms with Crippen LogP contribution in [0.4, 0.5) is 18.0 Å². The quantitative estimate of drug-likeness (QED) is 0.535. The lowest BCUT2D eigenvalue weighted by atomic mass is 9.94. The number of carbonyl (C=O) groups is 3. The summed E-state index contributed by atoms with van der Waals surface area (Å²) in [5, 5.41) is 11.4. The van der Waals surface area contributed by atoms with Crippen LogP contribution in [0, 0.1) is 0 Å². The third-order valence-corrected chi connectivity index (χ3v) is 5.93. The van der Waals surface area contributed by atoms with Crippen LogP contribution in [0.5, 0.6) is 0 Å². The highest BCUT2D eigenvalue weighted by atomic mass is 19.4. The molecule has 1 unspecified atom stereocenters. The molecule has 0 fully saturated rings. The fraction of sp³-hybridized carbons (Fsp3) is 0.400. The largest absolute Gasteiger partial charge is 0.480 e. The molecule has 35 heavy (non-hydrogen) atoms. The van der Waals surface area contributed by atoms with Gasteiger partial charge in [-0.15, -0.1) is 0 Å². The molecule has 2 amide bonds. The van der Waals surface area contributed by atoms with E-state index in [1.165, 1.54) is 6.92 Å². The van der Waals surface area contributed by atoms with E-state index >= 15 is 0 Å². The van der Waals surface area contributed by atoms with E-state index in [0.29, 0.717) is 6.42 Å². The molecule has 188 valence electrons. The number of ether oxygens (including phenoxy) is 1. The van der Waals surface area contributed by atoms with E-state index in [9.17, 15) is 27.6 Å². The standard InChI is InChI=1S/C25H27F3N2O5/c1-3-12-24(2,22(33)30(13-21(31)32)15-25(26,27)28)29-23(34)35-14-20-18-10-6-4-8-16(18)17-9-5-7-11-19(17)20/h4-11,20H,3,12-15H2,1-2H3,(H,29,34)(H,31,32). The minimum atomic E-state index is -4.80. The number of aliphatic carboxylic acids is 1. The maximum atomic E-state index is 13.0. The van der Waals surface area contributed by atoms with Gasteiger partial charge in [0.2, 0.25) is 5.91 Å². The first-order valence-electron chi connectivity index (χ1n) is 11.2. The monoisotopic (exact) mass is 492 g/mol. The Morgan fingerprint density at radius 2 is 1.57 bits per heavy atom. The number of carboxylic acids is 1. The van der Waals surface area contributed by atoms with E-state index in [1.807, 2.05) is 48.5 Å². The van der Waals surface area contributed by atoms with Gasteiger partial charge in [0.1, 0.15) is 25.2 Å². The number of alkyl carbamates (subject to hydrolysis) is 1. The molecule has 0 saturated carbocycles. The van der Waals surface area contributed by atoms with Crippen molar-refractivity contribution in [3.8, 4) is 11.1 Å². The van der Waals surface area contributed by atoms with Gasteiger partial charge in [-0.1, -0.05) is 61.9 Å². The average molecular weight is 492 g/mol. The van der Waals surface area contributed by atoms with E-state index in [4.69, 9.17) is 9.84 Å². The number of hydrogen-bond donors (Lipinski definition) is 2. The number of nitrogens with one attached hydrogen (secondary N) is 1. The molecule has 2 aromatic rings. The van der Waals surface area contributed by atoms with Crippen molar-refractivity contribution in [2.24, 2.45) is 0 Å². The molecule has 0 saturated heterocycles. The number of nitrogens with zero attached hydrogens (tertiary/aromatic N) is 1. The van der Waals surface area contributed by atoms with Crippen molar-refractivity contribution in [2.45, 2.75) is 44.3 Å². The molecule has 7 nitrogen and oxygen atoms in total. The lowest BCUT2D eigenvalue weighted by molar-refractivity contribution is -0.169. The Morgan fingerprint density at radius 1 is 1.03 bits per heavy atom. The van der Waals surface area contributed by atoms with Gasteiger partial charge in [0.15, 0.2) is 0 Å². The van der Waals surface area contributed by atoms with Crippen molar-refractivity contribution >= 4 is 18.0 Å². The van der Waals surface area contributed by atoms with Gasteiger partial charge < -0.3 is 20.1 Å². The van der Waals surface area contributed by atoms with Crippen LogP contribution >= 0.6 is 0 Å². The van der Waals surface area contributed by atoms with E-state index in [2.05, 4.69) is 5.32 Å². The highest BCUT2D eigenvalue weighted by Gasteiger charge is 2.43. The predicted molar refractivity (Wildman–Crippen MR) is 122 cm³/mol. The van der Waals surface area contributed by atoms with Crippen molar-refractivity contribution in [3.05, 3.63) is 59.7 Å². The number of amides is 2. The summed E-state index contributed by atoms with van der Waals surface area (Å²) in [6.07, 6.45) is -5.44. The highest BCUT2D eigenvalue weighted by Crippen LogP contribution is 2.44. The Bertz CT molecular complexity index is 1060. The Kier molecular flexibility index (Phi) is 7.72. The van der Waals surface area contributed by atoms with Gasteiger partial charge in [-0.2, -0.15) is 13.2 Å². The van der Waals surface area contributed by atoms with Crippen molar-refractivity contribution in [3.63, 3.8) is 0 Å². The molecule has 0 radical (unpaired) electrons. The molecule has 0 spiro atoms. The minimum Gasteiger partial charge on any atom is -0.480 e. The van der Waals surface area contributed by atoms with Crippen molar-refractivity contribution in [1.82, 2.24) is 10.2 Å². The summed E-state index contributed by atoms with van der Waals surface area (Å²) in [6.45, 7) is 0.0210. The zero-order valence-corrected chi connectivity index (χ0v) is 19.4. The van der Waals surface area contributed by atoms with E-state index in [0.717, 1.165) is 22.3 Å². The molecular formula is C25H27F3N2O5. The van der Waals surface area contributed by atoms with Gasteiger partial charge in [-0.25, -0.2) is 4.79 Å². The topological polar surface area (TPSA) is 95.9 Å². The van der Waals surface area contributed by atoms with E-state index < -0.39 is 42.8 Å². The minimum absolute atomic E-state index is 0.00992. The number of alkyl halides is 3.